The highest BCUT2D eigenvalue weighted by Gasteiger charge is 2.16. The summed E-state index contributed by atoms with van der Waals surface area (Å²) in [5, 5.41) is 3.94. The molecule has 1 rings (SSSR count). The van der Waals surface area contributed by atoms with Gasteiger partial charge < -0.3 is 0 Å². The average Bonchev–Trinajstić information content (AvgIpc) is 1.90. The molecular weight excluding hydrogens is 112 g/mol. The van der Waals surface area contributed by atoms with E-state index in [4.69, 9.17) is 0 Å². The van der Waals surface area contributed by atoms with Crippen LogP contribution in [0.5, 0.6) is 0 Å². The molecule has 1 N–H and O–H groups in total. The van der Waals surface area contributed by atoms with E-state index in [9.17, 15) is 0 Å². The fourth-order valence-corrected chi connectivity index (χ4v) is 0.708. The molecule has 1 aliphatic heterocycles. The third-order valence-corrected chi connectivity index (χ3v) is 1.73. The number of nitrogens with zero attached hydrogens (tertiary/aromatic N) is 1. The molecule has 2 nitrogen and oxygen atoms in total. The molecule has 0 saturated carbocycles. The van der Waals surface area contributed by atoms with Crippen molar-refractivity contribution in [1.82, 2.24) is 5.43 Å². The first-order chi connectivity index (χ1) is 4.27. The minimum atomic E-state index is 0.186. The van der Waals surface area contributed by atoms with Gasteiger partial charge in [-0.25, -0.2) is 0 Å². The molecule has 0 aromatic rings. The van der Waals surface area contributed by atoms with Crippen molar-refractivity contribution >= 4 is 6.21 Å². The van der Waals surface area contributed by atoms with E-state index >= 15 is 0 Å². The second-order valence-electron chi connectivity index (χ2n) is 2.58. The van der Waals surface area contributed by atoms with Crippen LogP contribution in [0.25, 0.3) is 0 Å². The topological polar surface area (TPSA) is 24.4 Å². The first kappa shape index (κ1) is 6.33. The SMILES string of the molecule is CC[C@@]1(C)C=CNN=C1. The van der Waals surface area contributed by atoms with E-state index in [2.05, 4.69) is 30.5 Å². The highest BCUT2D eigenvalue weighted by atomic mass is 15.3. The summed E-state index contributed by atoms with van der Waals surface area (Å²) >= 11 is 0. The Morgan fingerprint density at radius 1 is 1.67 bits per heavy atom. The quantitative estimate of drug-likeness (QED) is 0.563. The molecule has 0 spiro atoms. The van der Waals surface area contributed by atoms with Crippen LogP contribution in [-0.4, -0.2) is 6.21 Å². The Bertz CT molecular complexity index is 135. The number of allylic oxidation sites excluding steroid dienone is 1. The van der Waals surface area contributed by atoms with Gasteiger partial charge in [0.25, 0.3) is 0 Å². The Balaban J connectivity index is 2.67. The van der Waals surface area contributed by atoms with Crippen LogP contribution in [0.2, 0.25) is 0 Å². The smallest absolute Gasteiger partial charge is 0.0344 e. The molecule has 0 amide bonds. The van der Waals surface area contributed by atoms with Crippen molar-refractivity contribution in [2.75, 3.05) is 0 Å². The number of hydrogen-bond donors (Lipinski definition) is 1. The summed E-state index contributed by atoms with van der Waals surface area (Å²) in [4.78, 5) is 0. The van der Waals surface area contributed by atoms with E-state index in [-0.39, 0.29) is 5.41 Å². The van der Waals surface area contributed by atoms with Crippen LogP contribution in [0.1, 0.15) is 20.3 Å². The summed E-state index contributed by atoms with van der Waals surface area (Å²) < 4.78 is 0. The zero-order chi connectivity index (χ0) is 6.74. The fraction of sp³-hybridized carbons (Fsp3) is 0.571. The van der Waals surface area contributed by atoms with Crippen LogP contribution >= 0.6 is 0 Å². The van der Waals surface area contributed by atoms with Gasteiger partial charge in [0.2, 0.25) is 0 Å². The van der Waals surface area contributed by atoms with Crippen LogP contribution in [0.4, 0.5) is 0 Å². The molecule has 0 unspecified atom stereocenters. The summed E-state index contributed by atoms with van der Waals surface area (Å²) in [6, 6.07) is 0. The fourth-order valence-electron chi connectivity index (χ4n) is 0.708. The lowest BCUT2D eigenvalue weighted by Crippen LogP contribution is -2.19. The third-order valence-electron chi connectivity index (χ3n) is 1.73. The summed E-state index contributed by atoms with van der Waals surface area (Å²) in [5.41, 5.74) is 2.95. The van der Waals surface area contributed by atoms with Crippen LogP contribution < -0.4 is 5.43 Å². The molecule has 50 valence electrons. The van der Waals surface area contributed by atoms with E-state index in [1.165, 1.54) is 0 Å². The average molecular weight is 124 g/mol. The van der Waals surface area contributed by atoms with Gasteiger partial charge in [0, 0.05) is 17.8 Å². The zero-order valence-electron chi connectivity index (χ0n) is 5.89. The lowest BCUT2D eigenvalue weighted by Gasteiger charge is -2.20. The first-order valence-corrected chi connectivity index (χ1v) is 3.24. The van der Waals surface area contributed by atoms with E-state index in [1.54, 1.807) is 0 Å². The maximum atomic E-state index is 3.94. The molecule has 0 aromatic heterocycles. The van der Waals surface area contributed by atoms with Crippen molar-refractivity contribution in [1.29, 1.82) is 0 Å². The number of hydrogen-bond acceptors (Lipinski definition) is 2. The van der Waals surface area contributed by atoms with Crippen molar-refractivity contribution in [3.63, 3.8) is 0 Å². The second kappa shape index (κ2) is 2.21. The summed E-state index contributed by atoms with van der Waals surface area (Å²) in [7, 11) is 0. The van der Waals surface area contributed by atoms with Crippen molar-refractivity contribution < 1.29 is 0 Å². The summed E-state index contributed by atoms with van der Waals surface area (Å²) in [5.74, 6) is 0. The lowest BCUT2D eigenvalue weighted by atomic mass is 9.89. The van der Waals surface area contributed by atoms with Crippen LogP contribution in [0.3, 0.4) is 0 Å². The van der Waals surface area contributed by atoms with Crippen LogP contribution in [0.15, 0.2) is 17.4 Å². The van der Waals surface area contributed by atoms with Gasteiger partial charge in [0.1, 0.15) is 0 Å². The van der Waals surface area contributed by atoms with Gasteiger partial charge >= 0.3 is 0 Å². The predicted molar refractivity (Wildman–Crippen MR) is 39.2 cm³/mol. The standard InChI is InChI=1S/C7H12N2/c1-3-7(2)4-5-8-9-6-7/h4-6,8H,3H2,1-2H3/t7-/m0/s1. The highest BCUT2D eigenvalue weighted by Crippen LogP contribution is 2.20. The minimum Gasteiger partial charge on any atom is -0.286 e. The van der Waals surface area contributed by atoms with Crippen molar-refractivity contribution in [2.45, 2.75) is 20.3 Å². The number of rotatable bonds is 1. The van der Waals surface area contributed by atoms with Crippen LogP contribution in [0, 0.1) is 5.41 Å². The molecule has 9 heavy (non-hydrogen) atoms. The van der Waals surface area contributed by atoms with Gasteiger partial charge in [-0.3, -0.25) is 5.43 Å². The van der Waals surface area contributed by atoms with Crippen molar-refractivity contribution in [3.05, 3.63) is 12.3 Å². The largest absolute Gasteiger partial charge is 0.286 e. The molecule has 0 radical (unpaired) electrons. The predicted octanol–water partition coefficient (Wildman–Crippen LogP) is 1.51. The Hall–Kier alpha value is -0.790. The van der Waals surface area contributed by atoms with Gasteiger partial charge in [-0.05, 0) is 6.42 Å². The van der Waals surface area contributed by atoms with E-state index in [0.717, 1.165) is 6.42 Å². The minimum absolute atomic E-state index is 0.186. The zero-order valence-corrected chi connectivity index (χ0v) is 5.89. The van der Waals surface area contributed by atoms with E-state index in [1.807, 2.05) is 12.4 Å². The molecule has 1 heterocycles. The maximum Gasteiger partial charge on any atom is 0.0344 e. The van der Waals surface area contributed by atoms with Gasteiger partial charge in [-0.2, -0.15) is 5.10 Å². The maximum absolute atomic E-state index is 3.94. The highest BCUT2D eigenvalue weighted by molar-refractivity contribution is 5.68. The Morgan fingerprint density at radius 2 is 2.44 bits per heavy atom. The molecule has 1 atom stereocenters. The number of nitrogens with one attached hydrogen (secondary N) is 1. The first-order valence-electron chi connectivity index (χ1n) is 3.24. The molecule has 0 fully saturated rings. The van der Waals surface area contributed by atoms with Crippen molar-refractivity contribution in [3.8, 4) is 0 Å². The Labute approximate surface area is 55.6 Å². The molecular formula is C7H12N2. The molecule has 2 heteroatoms. The Morgan fingerprint density at radius 3 is 2.78 bits per heavy atom. The lowest BCUT2D eigenvalue weighted by molar-refractivity contribution is 0.567. The normalized spacial score (nSPS) is 32.2. The molecule has 0 aliphatic carbocycles. The van der Waals surface area contributed by atoms with Gasteiger partial charge in [-0.15, -0.1) is 0 Å². The summed E-state index contributed by atoms with van der Waals surface area (Å²) in [6.45, 7) is 4.32. The molecule has 0 aromatic carbocycles. The van der Waals surface area contributed by atoms with Gasteiger partial charge in [0.05, 0.1) is 0 Å². The van der Waals surface area contributed by atoms with Crippen LogP contribution in [-0.2, 0) is 0 Å². The van der Waals surface area contributed by atoms with Crippen molar-refractivity contribution in [2.24, 2.45) is 10.5 Å². The third kappa shape index (κ3) is 1.31. The van der Waals surface area contributed by atoms with Gasteiger partial charge in [0.15, 0.2) is 0 Å². The summed E-state index contributed by atoms with van der Waals surface area (Å²) in [6.07, 6.45) is 7.05. The van der Waals surface area contributed by atoms with Gasteiger partial charge in [-0.1, -0.05) is 19.9 Å². The Kier molecular flexibility index (Phi) is 1.56. The van der Waals surface area contributed by atoms with E-state index in [0.29, 0.717) is 0 Å². The molecule has 0 bridgehead atoms. The van der Waals surface area contributed by atoms with E-state index < -0.39 is 0 Å². The monoisotopic (exact) mass is 124 g/mol. The molecule has 0 saturated heterocycles. The second-order valence-corrected chi connectivity index (χ2v) is 2.58. The number of hydrazone groups is 1. The molecule has 1 aliphatic rings.